The SMILES string of the molecule is CC(=O)N(C)C[C@@H]1Oc2ncc(-c3ccccc3F)cc2C(=O)N([C@@H](C)CO)C[C@H]1C. The molecular formula is C23H28FN3O4. The Balaban J connectivity index is 2.07. The first-order chi connectivity index (χ1) is 14.7. The van der Waals surface area contributed by atoms with Gasteiger partial charge in [0, 0.05) is 43.8 Å². The maximum absolute atomic E-state index is 14.3. The molecule has 1 N–H and O–H groups in total. The molecule has 0 saturated carbocycles. The lowest BCUT2D eigenvalue weighted by Gasteiger charge is -2.37. The molecule has 2 heterocycles. The van der Waals surface area contributed by atoms with Crippen molar-refractivity contribution >= 4 is 11.8 Å². The first kappa shape index (κ1) is 22.7. The summed E-state index contributed by atoms with van der Waals surface area (Å²) in [4.78, 5) is 32.6. The molecule has 0 spiro atoms. The number of carbonyl (C=O) groups excluding carboxylic acids is 2. The normalized spacial score (nSPS) is 19.7. The molecule has 3 rings (SSSR count). The maximum atomic E-state index is 14.3. The second-order valence-electron chi connectivity index (χ2n) is 8.08. The number of rotatable bonds is 5. The van der Waals surface area contributed by atoms with Gasteiger partial charge in [-0.05, 0) is 19.1 Å². The summed E-state index contributed by atoms with van der Waals surface area (Å²) in [5.74, 6) is -0.849. The van der Waals surface area contributed by atoms with Crippen LogP contribution in [0.25, 0.3) is 11.1 Å². The van der Waals surface area contributed by atoms with E-state index in [0.717, 1.165) is 0 Å². The molecule has 1 aliphatic heterocycles. The highest BCUT2D eigenvalue weighted by molar-refractivity contribution is 5.98. The van der Waals surface area contributed by atoms with Gasteiger partial charge in [-0.2, -0.15) is 0 Å². The van der Waals surface area contributed by atoms with Gasteiger partial charge in [0.05, 0.1) is 19.2 Å². The molecule has 7 nitrogen and oxygen atoms in total. The van der Waals surface area contributed by atoms with E-state index in [0.29, 0.717) is 24.2 Å². The molecule has 1 aliphatic rings. The Morgan fingerprint density at radius 3 is 2.74 bits per heavy atom. The number of aliphatic hydroxyl groups is 1. The number of nitrogens with zero attached hydrogens (tertiary/aromatic N) is 3. The summed E-state index contributed by atoms with van der Waals surface area (Å²) in [7, 11) is 1.69. The van der Waals surface area contributed by atoms with Crippen LogP contribution in [-0.4, -0.2) is 70.6 Å². The molecule has 8 heteroatoms. The molecule has 2 amide bonds. The van der Waals surface area contributed by atoms with Gasteiger partial charge in [0.1, 0.15) is 17.5 Å². The van der Waals surface area contributed by atoms with Crippen LogP contribution in [0.4, 0.5) is 4.39 Å². The summed E-state index contributed by atoms with van der Waals surface area (Å²) < 4.78 is 20.4. The molecule has 166 valence electrons. The monoisotopic (exact) mass is 429 g/mol. The molecule has 1 aromatic carbocycles. The zero-order valence-corrected chi connectivity index (χ0v) is 18.2. The fourth-order valence-electron chi connectivity index (χ4n) is 3.56. The number of pyridine rings is 1. The Hall–Kier alpha value is -3.00. The van der Waals surface area contributed by atoms with Crippen molar-refractivity contribution < 1.29 is 23.8 Å². The quantitative estimate of drug-likeness (QED) is 0.790. The van der Waals surface area contributed by atoms with E-state index < -0.39 is 18.0 Å². The second-order valence-corrected chi connectivity index (χ2v) is 8.08. The van der Waals surface area contributed by atoms with Crippen LogP contribution in [0, 0.1) is 11.7 Å². The zero-order chi connectivity index (χ0) is 22.7. The van der Waals surface area contributed by atoms with Gasteiger partial charge < -0.3 is 19.6 Å². The molecule has 2 aromatic rings. The Kier molecular flexibility index (Phi) is 6.90. The predicted octanol–water partition coefficient (Wildman–Crippen LogP) is 2.59. The fourth-order valence-corrected chi connectivity index (χ4v) is 3.56. The lowest BCUT2D eigenvalue weighted by Crippen LogP contribution is -2.50. The van der Waals surface area contributed by atoms with Crippen LogP contribution in [0.15, 0.2) is 36.5 Å². The molecule has 0 unspecified atom stereocenters. The maximum Gasteiger partial charge on any atom is 0.259 e. The van der Waals surface area contributed by atoms with Gasteiger partial charge in [-0.25, -0.2) is 9.37 Å². The van der Waals surface area contributed by atoms with E-state index in [1.807, 2.05) is 6.92 Å². The van der Waals surface area contributed by atoms with E-state index in [2.05, 4.69) is 4.98 Å². The third-order valence-electron chi connectivity index (χ3n) is 5.70. The minimum atomic E-state index is -0.427. The van der Waals surface area contributed by atoms with Crippen molar-refractivity contribution in [2.75, 3.05) is 26.7 Å². The molecule has 3 atom stereocenters. The van der Waals surface area contributed by atoms with Gasteiger partial charge in [0.2, 0.25) is 11.8 Å². The number of halogens is 1. The van der Waals surface area contributed by atoms with E-state index in [1.54, 1.807) is 48.0 Å². The van der Waals surface area contributed by atoms with Crippen molar-refractivity contribution in [1.82, 2.24) is 14.8 Å². The highest BCUT2D eigenvalue weighted by Crippen LogP contribution is 2.31. The number of aliphatic hydroxyl groups excluding tert-OH is 1. The largest absolute Gasteiger partial charge is 0.472 e. The van der Waals surface area contributed by atoms with Gasteiger partial charge in [0.15, 0.2) is 0 Å². The smallest absolute Gasteiger partial charge is 0.259 e. The number of amides is 2. The number of aromatic nitrogens is 1. The summed E-state index contributed by atoms with van der Waals surface area (Å²) >= 11 is 0. The molecule has 0 aliphatic carbocycles. The number of benzene rings is 1. The number of hydrogen-bond donors (Lipinski definition) is 1. The topological polar surface area (TPSA) is 83.0 Å². The van der Waals surface area contributed by atoms with Crippen LogP contribution in [-0.2, 0) is 4.79 Å². The van der Waals surface area contributed by atoms with Gasteiger partial charge in [-0.15, -0.1) is 0 Å². The highest BCUT2D eigenvalue weighted by atomic mass is 19.1. The summed E-state index contributed by atoms with van der Waals surface area (Å²) in [6, 6.07) is 7.42. The summed E-state index contributed by atoms with van der Waals surface area (Å²) in [5, 5.41) is 9.71. The van der Waals surface area contributed by atoms with E-state index in [-0.39, 0.29) is 35.8 Å². The van der Waals surface area contributed by atoms with Gasteiger partial charge in [-0.1, -0.05) is 25.1 Å². The molecule has 0 radical (unpaired) electrons. The summed E-state index contributed by atoms with van der Waals surface area (Å²) in [6.07, 6.45) is 1.06. The standard InChI is InChI=1S/C23H28FN3O4/c1-14-11-27(15(2)13-28)23(30)19-9-17(18-7-5-6-8-20(18)24)10-25-22(19)31-21(14)12-26(4)16(3)29/h5-10,14-15,21,28H,11-13H2,1-4H3/t14-,15+,21+/m1/s1. The average Bonchev–Trinajstić information content (AvgIpc) is 2.75. The van der Waals surface area contributed by atoms with Crippen molar-refractivity contribution in [1.29, 1.82) is 0 Å². The lowest BCUT2D eigenvalue weighted by molar-refractivity contribution is -0.129. The lowest BCUT2D eigenvalue weighted by atomic mass is 9.99. The predicted molar refractivity (Wildman–Crippen MR) is 114 cm³/mol. The molecular weight excluding hydrogens is 401 g/mol. The minimum Gasteiger partial charge on any atom is -0.472 e. The number of hydrogen-bond acceptors (Lipinski definition) is 5. The zero-order valence-electron chi connectivity index (χ0n) is 18.2. The molecule has 0 bridgehead atoms. The molecule has 31 heavy (non-hydrogen) atoms. The van der Waals surface area contributed by atoms with Crippen LogP contribution in [0.5, 0.6) is 5.88 Å². The van der Waals surface area contributed by atoms with Crippen molar-refractivity contribution in [3.8, 4) is 17.0 Å². The molecule has 0 saturated heterocycles. The van der Waals surface area contributed by atoms with Gasteiger partial charge >= 0.3 is 0 Å². The molecule has 1 aromatic heterocycles. The minimum absolute atomic E-state index is 0.0994. The van der Waals surface area contributed by atoms with E-state index in [1.165, 1.54) is 19.2 Å². The number of ether oxygens (including phenoxy) is 1. The van der Waals surface area contributed by atoms with Crippen molar-refractivity contribution in [2.45, 2.75) is 32.9 Å². The third kappa shape index (κ3) is 4.85. The summed E-state index contributed by atoms with van der Waals surface area (Å²) in [6.45, 7) is 5.62. The van der Waals surface area contributed by atoms with Crippen LogP contribution in [0.1, 0.15) is 31.1 Å². The second kappa shape index (κ2) is 9.43. The molecule has 0 fully saturated rings. The number of likely N-dealkylation sites (N-methyl/N-ethyl adjacent to an activating group) is 1. The summed E-state index contributed by atoms with van der Waals surface area (Å²) in [5.41, 5.74) is 0.982. The van der Waals surface area contributed by atoms with Crippen molar-refractivity contribution in [3.05, 3.63) is 47.9 Å². The van der Waals surface area contributed by atoms with Crippen molar-refractivity contribution in [3.63, 3.8) is 0 Å². The van der Waals surface area contributed by atoms with Gasteiger partial charge in [-0.3, -0.25) is 9.59 Å². The van der Waals surface area contributed by atoms with Crippen LogP contribution in [0.3, 0.4) is 0 Å². The first-order valence-corrected chi connectivity index (χ1v) is 10.3. The fraction of sp³-hybridized carbons (Fsp3) is 0.435. The number of fused-ring (bicyclic) bond motifs is 1. The Morgan fingerprint density at radius 1 is 1.39 bits per heavy atom. The van der Waals surface area contributed by atoms with Crippen LogP contribution in [0.2, 0.25) is 0 Å². The Bertz CT molecular complexity index is 968. The average molecular weight is 429 g/mol. The van der Waals surface area contributed by atoms with Gasteiger partial charge in [0.25, 0.3) is 5.91 Å². The number of carbonyl (C=O) groups is 2. The first-order valence-electron chi connectivity index (χ1n) is 10.3. The Morgan fingerprint density at radius 2 is 2.10 bits per heavy atom. The van der Waals surface area contributed by atoms with E-state index >= 15 is 0 Å². The highest BCUT2D eigenvalue weighted by Gasteiger charge is 2.34. The van der Waals surface area contributed by atoms with E-state index in [9.17, 15) is 19.1 Å². The van der Waals surface area contributed by atoms with Crippen LogP contribution >= 0.6 is 0 Å². The Labute approximate surface area is 181 Å². The van der Waals surface area contributed by atoms with E-state index in [4.69, 9.17) is 4.74 Å². The van der Waals surface area contributed by atoms with Crippen molar-refractivity contribution in [2.24, 2.45) is 5.92 Å². The van der Waals surface area contributed by atoms with Crippen LogP contribution < -0.4 is 4.74 Å². The third-order valence-corrected chi connectivity index (χ3v) is 5.70.